The van der Waals surface area contributed by atoms with Gasteiger partial charge in [-0.1, -0.05) is 41.1 Å². The molecule has 0 saturated heterocycles. The maximum absolute atomic E-state index is 10.1. The Labute approximate surface area is 134 Å². The number of halogens is 1. The van der Waals surface area contributed by atoms with E-state index in [-0.39, 0.29) is 6.04 Å². The highest BCUT2D eigenvalue weighted by atomic mass is 79.9. The van der Waals surface area contributed by atoms with Gasteiger partial charge in [-0.3, -0.25) is 0 Å². The van der Waals surface area contributed by atoms with Crippen molar-refractivity contribution in [2.45, 2.75) is 19.4 Å². The Morgan fingerprint density at radius 1 is 1.19 bits per heavy atom. The lowest BCUT2D eigenvalue weighted by Gasteiger charge is -2.24. The molecule has 0 aromatic heterocycles. The van der Waals surface area contributed by atoms with Crippen molar-refractivity contribution in [2.75, 3.05) is 24.3 Å². The highest BCUT2D eigenvalue weighted by Gasteiger charge is 2.15. The highest BCUT2D eigenvalue weighted by molar-refractivity contribution is 9.10. The van der Waals surface area contributed by atoms with Crippen LogP contribution in [0.1, 0.15) is 24.9 Å². The van der Waals surface area contributed by atoms with Crippen LogP contribution in [0.5, 0.6) is 5.75 Å². The number of benzene rings is 2. The van der Waals surface area contributed by atoms with Crippen LogP contribution in [0.2, 0.25) is 0 Å². The van der Waals surface area contributed by atoms with Crippen LogP contribution in [0.25, 0.3) is 0 Å². The highest BCUT2D eigenvalue weighted by Crippen LogP contribution is 2.34. The van der Waals surface area contributed by atoms with Gasteiger partial charge >= 0.3 is 0 Å². The average molecular weight is 349 g/mol. The molecule has 2 aromatic rings. The molecule has 21 heavy (non-hydrogen) atoms. The smallest absolute Gasteiger partial charge is 0.120 e. The summed E-state index contributed by atoms with van der Waals surface area (Å²) in [6.45, 7) is 2.11. The quantitative estimate of drug-likeness (QED) is 0.815. The first-order valence-corrected chi connectivity index (χ1v) is 7.83. The number of phenols is 1. The number of hydrogen-bond acceptors (Lipinski definition) is 3. The number of anilines is 2. The zero-order valence-electron chi connectivity index (χ0n) is 12.6. The summed E-state index contributed by atoms with van der Waals surface area (Å²) >= 11 is 3.52. The molecule has 2 aromatic carbocycles. The molecule has 0 fully saturated rings. The molecule has 0 radical (unpaired) electrons. The summed E-state index contributed by atoms with van der Waals surface area (Å²) in [5, 5.41) is 13.6. The van der Waals surface area contributed by atoms with Crippen molar-refractivity contribution in [1.29, 1.82) is 0 Å². The first-order valence-electron chi connectivity index (χ1n) is 7.04. The van der Waals surface area contributed by atoms with Crippen molar-refractivity contribution in [3.8, 4) is 5.75 Å². The third kappa shape index (κ3) is 3.70. The maximum Gasteiger partial charge on any atom is 0.120 e. The first-order chi connectivity index (χ1) is 10.0. The number of para-hydroxylation sites is 1. The number of rotatable bonds is 5. The van der Waals surface area contributed by atoms with Crippen molar-refractivity contribution in [2.24, 2.45) is 0 Å². The van der Waals surface area contributed by atoms with Crippen LogP contribution in [0.3, 0.4) is 0 Å². The van der Waals surface area contributed by atoms with E-state index in [4.69, 9.17) is 0 Å². The van der Waals surface area contributed by atoms with E-state index in [1.54, 1.807) is 6.07 Å². The fraction of sp³-hybridized carbons (Fsp3) is 0.294. The van der Waals surface area contributed by atoms with Gasteiger partial charge in [-0.05, 0) is 30.7 Å². The summed E-state index contributed by atoms with van der Waals surface area (Å²) < 4.78 is 1.03. The van der Waals surface area contributed by atoms with E-state index in [1.165, 1.54) is 0 Å². The molecule has 0 aliphatic rings. The van der Waals surface area contributed by atoms with E-state index in [0.717, 1.165) is 27.8 Å². The van der Waals surface area contributed by atoms with Crippen LogP contribution in [-0.4, -0.2) is 19.2 Å². The third-order valence-corrected chi connectivity index (χ3v) is 3.98. The van der Waals surface area contributed by atoms with Crippen LogP contribution in [0.4, 0.5) is 11.4 Å². The normalized spacial score (nSPS) is 12.0. The van der Waals surface area contributed by atoms with Crippen molar-refractivity contribution in [3.05, 3.63) is 52.5 Å². The molecule has 112 valence electrons. The molecule has 3 nitrogen and oxygen atoms in total. The molecule has 2 rings (SSSR count). The van der Waals surface area contributed by atoms with Gasteiger partial charge < -0.3 is 15.3 Å². The van der Waals surface area contributed by atoms with Crippen molar-refractivity contribution < 1.29 is 5.11 Å². The van der Waals surface area contributed by atoms with E-state index < -0.39 is 0 Å². The molecule has 0 amide bonds. The molecular formula is C17H21BrN2O. The van der Waals surface area contributed by atoms with Gasteiger partial charge in [0.15, 0.2) is 0 Å². The van der Waals surface area contributed by atoms with Gasteiger partial charge in [-0.15, -0.1) is 0 Å². The SMILES string of the molecule is CCC(Nc1cc(Br)ccc1N(C)C)c1ccccc1O. The van der Waals surface area contributed by atoms with E-state index in [9.17, 15) is 5.11 Å². The summed E-state index contributed by atoms with van der Waals surface area (Å²) in [5.41, 5.74) is 3.08. The molecule has 1 atom stereocenters. The van der Waals surface area contributed by atoms with Gasteiger partial charge in [-0.25, -0.2) is 0 Å². The lowest BCUT2D eigenvalue weighted by atomic mass is 10.0. The predicted molar refractivity (Wildman–Crippen MR) is 93.2 cm³/mol. The van der Waals surface area contributed by atoms with E-state index in [1.807, 2.05) is 38.4 Å². The Hall–Kier alpha value is -1.68. The van der Waals surface area contributed by atoms with E-state index in [0.29, 0.717) is 5.75 Å². The lowest BCUT2D eigenvalue weighted by Crippen LogP contribution is -2.15. The van der Waals surface area contributed by atoms with Gasteiger partial charge in [0.1, 0.15) is 5.75 Å². The molecule has 0 heterocycles. The number of phenolic OH excluding ortho intramolecular Hbond substituents is 1. The van der Waals surface area contributed by atoms with Gasteiger partial charge in [0.05, 0.1) is 17.4 Å². The molecule has 0 spiro atoms. The van der Waals surface area contributed by atoms with Crippen LogP contribution in [0.15, 0.2) is 46.9 Å². The largest absolute Gasteiger partial charge is 0.508 e. The number of nitrogens with one attached hydrogen (secondary N) is 1. The Kier molecular flexibility index (Phi) is 5.12. The Morgan fingerprint density at radius 2 is 1.90 bits per heavy atom. The topological polar surface area (TPSA) is 35.5 Å². The summed E-state index contributed by atoms with van der Waals surface area (Å²) in [7, 11) is 4.05. The fourth-order valence-corrected chi connectivity index (χ4v) is 2.74. The molecule has 0 aliphatic carbocycles. The third-order valence-electron chi connectivity index (χ3n) is 3.49. The molecule has 1 unspecified atom stereocenters. The molecular weight excluding hydrogens is 328 g/mol. The number of aromatic hydroxyl groups is 1. The Bertz CT molecular complexity index is 613. The van der Waals surface area contributed by atoms with Crippen LogP contribution in [-0.2, 0) is 0 Å². The summed E-state index contributed by atoms with van der Waals surface area (Å²) in [6.07, 6.45) is 0.886. The van der Waals surface area contributed by atoms with Crippen molar-refractivity contribution in [1.82, 2.24) is 0 Å². The second-order valence-electron chi connectivity index (χ2n) is 5.22. The summed E-state index contributed by atoms with van der Waals surface area (Å²) in [4.78, 5) is 2.08. The standard InChI is InChI=1S/C17H21BrN2O/c1-4-14(13-7-5-6-8-17(13)21)19-15-11-12(18)9-10-16(15)20(2)3/h5-11,14,19,21H,4H2,1-3H3. The predicted octanol–water partition coefficient (Wildman–Crippen LogP) is 4.78. The molecule has 0 bridgehead atoms. The lowest BCUT2D eigenvalue weighted by molar-refractivity contribution is 0.463. The average Bonchev–Trinajstić information content (AvgIpc) is 2.45. The number of hydrogen-bond donors (Lipinski definition) is 2. The molecule has 2 N–H and O–H groups in total. The summed E-state index contributed by atoms with van der Waals surface area (Å²) in [6, 6.07) is 13.7. The number of nitrogens with zero attached hydrogens (tertiary/aromatic N) is 1. The van der Waals surface area contributed by atoms with Gasteiger partial charge in [0.2, 0.25) is 0 Å². The van der Waals surface area contributed by atoms with Crippen LogP contribution in [0, 0.1) is 0 Å². The minimum Gasteiger partial charge on any atom is -0.508 e. The first kappa shape index (κ1) is 15.7. The van der Waals surface area contributed by atoms with Gasteiger partial charge in [0.25, 0.3) is 0 Å². The van der Waals surface area contributed by atoms with Gasteiger partial charge in [-0.2, -0.15) is 0 Å². The minimum atomic E-state index is 0.0687. The summed E-state index contributed by atoms with van der Waals surface area (Å²) in [5.74, 6) is 0.332. The Morgan fingerprint density at radius 3 is 2.52 bits per heavy atom. The molecule has 0 saturated carbocycles. The van der Waals surface area contributed by atoms with Crippen molar-refractivity contribution in [3.63, 3.8) is 0 Å². The second kappa shape index (κ2) is 6.85. The van der Waals surface area contributed by atoms with E-state index >= 15 is 0 Å². The fourth-order valence-electron chi connectivity index (χ4n) is 2.38. The monoisotopic (exact) mass is 348 g/mol. The van der Waals surface area contributed by atoms with Crippen LogP contribution >= 0.6 is 15.9 Å². The molecule has 4 heteroatoms. The Balaban J connectivity index is 2.35. The maximum atomic E-state index is 10.1. The zero-order chi connectivity index (χ0) is 15.4. The minimum absolute atomic E-state index is 0.0687. The molecule has 0 aliphatic heterocycles. The van der Waals surface area contributed by atoms with E-state index in [2.05, 4.69) is 45.2 Å². The zero-order valence-corrected chi connectivity index (χ0v) is 14.2. The van der Waals surface area contributed by atoms with Gasteiger partial charge in [0, 0.05) is 24.1 Å². The second-order valence-corrected chi connectivity index (χ2v) is 6.14. The van der Waals surface area contributed by atoms with Crippen molar-refractivity contribution >= 4 is 27.3 Å². The van der Waals surface area contributed by atoms with Crippen LogP contribution < -0.4 is 10.2 Å².